The quantitative estimate of drug-likeness (QED) is 0.626. The Morgan fingerprint density at radius 3 is 2.93 bits per heavy atom. The highest BCUT2D eigenvalue weighted by molar-refractivity contribution is 5.35. The lowest BCUT2D eigenvalue weighted by molar-refractivity contribution is 0.477. The maximum Gasteiger partial charge on any atom is 0.224 e. The molecular formula is C9H15N5. The Hall–Kier alpha value is -1.36. The van der Waals surface area contributed by atoms with E-state index in [0.29, 0.717) is 17.8 Å². The molecule has 0 atom stereocenters. The molecule has 0 spiro atoms. The van der Waals surface area contributed by atoms with Crippen molar-refractivity contribution in [3.63, 3.8) is 0 Å². The molecule has 0 bridgehead atoms. The van der Waals surface area contributed by atoms with Crippen LogP contribution in [0.3, 0.4) is 0 Å². The molecule has 0 saturated carbocycles. The lowest BCUT2D eigenvalue weighted by Crippen LogP contribution is -2.35. The van der Waals surface area contributed by atoms with Gasteiger partial charge in [0, 0.05) is 12.2 Å². The molecule has 1 fully saturated rings. The van der Waals surface area contributed by atoms with Gasteiger partial charge in [0.25, 0.3) is 0 Å². The van der Waals surface area contributed by atoms with E-state index < -0.39 is 0 Å². The number of anilines is 2. The number of piperidine rings is 1. The van der Waals surface area contributed by atoms with Gasteiger partial charge in [-0.3, -0.25) is 0 Å². The number of nitrogens with zero attached hydrogens (tertiary/aromatic N) is 2. The van der Waals surface area contributed by atoms with Crippen LogP contribution in [-0.2, 0) is 0 Å². The van der Waals surface area contributed by atoms with Gasteiger partial charge in [-0.1, -0.05) is 0 Å². The molecule has 5 nitrogen and oxygen atoms in total. The first-order chi connectivity index (χ1) is 6.84. The van der Waals surface area contributed by atoms with Gasteiger partial charge < -0.3 is 16.4 Å². The third-order valence-corrected chi connectivity index (χ3v) is 2.35. The Kier molecular flexibility index (Phi) is 2.78. The number of hydrogen-bond acceptors (Lipinski definition) is 5. The summed E-state index contributed by atoms with van der Waals surface area (Å²) < 4.78 is 0. The average molecular weight is 193 g/mol. The van der Waals surface area contributed by atoms with Crippen LogP contribution in [0.25, 0.3) is 0 Å². The first-order valence-corrected chi connectivity index (χ1v) is 4.90. The summed E-state index contributed by atoms with van der Waals surface area (Å²) in [5.41, 5.74) is 5.56. The molecule has 5 heteroatoms. The molecule has 0 aliphatic carbocycles. The van der Waals surface area contributed by atoms with Crippen LogP contribution >= 0.6 is 0 Å². The molecule has 1 aromatic rings. The normalized spacial score (nSPS) is 18.0. The molecule has 1 aliphatic heterocycles. The standard InChI is InChI=1S/C9H15N5/c10-8-3-6-12-9(14-8)13-7-1-4-11-5-2-7/h3,6-7,11H,1-2,4-5H2,(H3,10,12,13,14). The minimum Gasteiger partial charge on any atom is -0.384 e. The molecular weight excluding hydrogens is 178 g/mol. The molecule has 2 heterocycles. The van der Waals surface area contributed by atoms with E-state index in [-0.39, 0.29) is 0 Å². The minimum absolute atomic E-state index is 0.470. The summed E-state index contributed by atoms with van der Waals surface area (Å²) in [4.78, 5) is 8.21. The average Bonchev–Trinajstić information content (AvgIpc) is 2.19. The highest BCUT2D eigenvalue weighted by Crippen LogP contribution is 2.09. The van der Waals surface area contributed by atoms with E-state index in [1.807, 2.05) is 0 Å². The molecule has 2 rings (SSSR count). The number of aromatic nitrogens is 2. The molecule has 0 unspecified atom stereocenters. The minimum atomic E-state index is 0.470. The van der Waals surface area contributed by atoms with Gasteiger partial charge in [0.2, 0.25) is 5.95 Å². The summed E-state index contributed by atoms with van der Waals surface area (Å²) in [6.07, 6.45) is 3.89. The van der Waals surface area contributed by atoms with Crippen LogP contribution in [0.1, 0.15) is 12.8 Å². The van der Waals surface area contributed by atoms with Gasteiger partial charge in [0.05, 0.1) is 0 Å². The zero-order chi connectivity index (χ0) is 9.80. The van der Waals surface area contributed by atoms with Crippen molar-refractivity contribution < 1.29 is 0 Å². The summed E-state index contributed by atoms with van der Waals surface area (Å²) in [7, 11) is 0. The van der Waals surface area contributed by atoms with E-state index in [1.54, 1.807) is 12.3 Å². The molecule has 0 radical (unpaired) electrons. The van der Waals surface area contributed by atoms with Crippen LogP contribution in [-0.4, -0.2) is 29.1 Å². The van der Waals surface area contributed by atoms with Gasteiger partial charge in [0.1, 0.15) is 5.82 Å². The van der Waals surface area contributed by atoms with Crippen LogP contribution < -0.4 is 16.4 Å². The first kappa shape index (κ1) is 9.21. The maximum atomic E-state index is 5.56. The van der Waals surface area contributed by atoms with E-state index in [4.69, 9.17) is 5.73 Å². The largest absolute Gasteiger partial charge is 0.384 e. The van der Waals surface area contributed by atoms with Crippen molar-refractivity contribution >= 4 is 11.8 Å². The van der Waals surface area contributed by atoms with Gasteiger partial charge in [-0.2, -0.15) is 4.98 Å². The molecule has 1 aromatic heterocycles. The van der Waals surface area contributed by atoms with Gasteiger partial charge in [-0.05, 0) is 32.0 Å². The Morgan fingerprint density at radius 2 is 2.21 bits per heavy atom. The Balaban J connectivity index is 1.95. The fourth-order valence-corrected chi connectivity index (χ4v) is 1.59. The Labute approximate surface area is 83.1 Å². The molecule has 1 saturated heterocycles. The number of nitrogen functional groups attached to an aromatic ring is 1. The van der Waals surface area contributed by atoms with Crippen molar-refractivity contribution in [2.75, 3.05) is 24.1 Å². The summed E-state index contributed by atoms with van der Waals surface area (Å²) in [5.74, 6) is 1.15. The van der Waals surface area contributed by atoms with Crippen LogP contribution in [0.2, 0.25) is 0 Å². The predicted octanol–water partition coefficient (Wildman–Crippen LogP) is 0.223. The second-order valence-electron chi connectivity index (χ2n) is 3.47. The van der Waals surface area contributed by atoms with Crippen LogP contribution in [0.5, 0.6) is 0 Å². The second kappa shape index (κ2) is 4.23. The number of nitrogens with one attached hydrogen (secondary N) is 2. The summed E-state index contributed by atoms with van der Waals surface area (Å²) in [5, 5.41) is 6.59. The molecule has 76 valence electrons. The van der Waals surface area contributed by atoms with Gasteiger partial charge in [-0.25, -0.2) is 4.98 Å². The fraction of sp³-hybridized carbons (Fsp3) is 0.556. The van der Waals surface area contributed by atoms with E-state index in [2.05, 4.69) is 20.6 Å². The number of rotatable bonds is 2. The number of nitrogens with two attached hydrogens (primary N) is 1. The Morgan fingerprint density at radius 1 is 1.43 bits per heavy atom. The van der Waals surface area contributed by atoms with E-state index >= 15 is 0 Å². The van der Waals surface area contributed by atoms with E-state index in [1.165, 1.54) is 0 Å². The van der Waals surface area contributed by atoms with Gasteiger partial charge in [-0.15, -0.1) is 0 Å². The lowest BCUT2D eigenvalue weighted by Gasteiger charge is -2.23. The third kappa shape index (κ3) is 2.32. The van der Waals surface area contributed by atoms with Crippen molar-refractivity contribution in [2.24, 2.45) is 0 Å². The molecule has 0 amide bonds. The van der Waals surface area contributed by atoms with E-state index in [9.17, 15) is 0 Å². The predicted molar refractivity (Wildman–Crippen MR) is 56.0 cm³/mol. The molecule has 14 heavy (non-hydrogen) atoms. The van der Waals surface area contributed by atoms with Gasteiger partial charge in [0.15, 0.2) is 0 Å². The lowest BCUT2D eigenvalue weighted by atomic mass is 10.1. The topological polar surface area (TPSA) is 75.9 Å². The second-order valence-corrected chi connectivity index (χ2v) is 3.47. The van der Waals surface area contributed by atoms with Crippen molar-refractivity contribution in [3.05, 3.63) is 12.3 Å². The highest BCUT2D eigenvalue weighted by Gasteiger charge is 2.13. The fourth-order valence-electron chi connectivity index (χ4n) is 1.59. The Bertz CT molecular complexity index is 295. The monoisotopic (exact) mass is 193 g/mol. The van der Waals surface area contributed by atoms with Crippen molar-refractivity contribution in [2.45, 2.75) is 18.9 Å². The third-order valence-electron chi connectivity index (χ3n) is 2.35. The van der Waals surface area contributed by atoms with E-state index in [0.717, 1.165) is 25.9 Å². The van der Waals surface area contributed by atoms with Gasteiger partial charge >= 0.3 is 0 Å². The van der Waals surface area contributed by atoms with Crippen molar-refractivity contribution in [1.29, 1.82) is 0 Å². The number of hydrogen-bond donors (Lipinski definition) is 3. The highest BCUT2D eigenvalue weighted by atomic mass is 15.1. The molecule has 4 N–H and O–H groups in total. The first-order valence-electron chi connectivity index (χ1n) is 4.90. The zero-order valence-corrected chi connectivity index (χ0v) is 8.03. The molecule has 1 aliphatic rings. The van der Waals surface area contributed by atoms with Crippen molar-refractivity contribution in [3.8, 4) is 0 Å². The SMILES string of the molecule is Nc1ccnc(NC2CCNCC2)n1. The van der Waals surface area contributed by atoms with Crippen LogP contribution in [0.15, 0.2) is 12.3 Å². The summed E-state index contributed by atoms with van der Waals surface area (Å²) >= 11 is 0. The van der Waals surface area contributed by atoms with Crippen LogP contribution in [0.4, 0.5) is 11.8 Å². The van der Waals surface area contributed by atoms with Crippen LogP contribution in [0, 0.1) is 0 Å². The maximum absolute atomic E-state index is 5.56. The zero-order valence-electron chi connectivity index (χ0n) is 8.03. The summed E-state index contributed by atoms with van der Waals surface area (Å²) in [6.45, 7) is 2.11. The summed E-state index contributed by atoms with van der Waals surface area (Å²) in [6, 6.07) is 2.16. The van der Waals surface area contributed by atoms with Crippen molar-refractivity contribution in [1.82, 2.24) is 15.3 Å². The molecule has 0 aromatic carbocycles. The smallest absolute Gasteiger partial charge is 0.224 e.